The van der Waals surface area contributed by atoms with Gasteiger partial charge in [-0.25, -0.2) is 13.2 Å². The first-order valence-electron chi connectivity index (χ1n) is 11.2. The molecule has 36 heavy (non-hydrogen) atoms. The highest BCUT2D eigenvalue weighted by atomic mass is 32.2. The molecule has 0 amide bonds. The first-order chi connectivity index (χ1) is 17.4. The summed E-state index contributed by atoms with van der Waals surface area (Å²) in [6.45, 7) is 3.70. The van der Waals surface area contributed by atoms with Crippen molar-refractivity contribution in [1.29, 1.82) is 0 Å². The molecule has 0 saturated carbocycles. The highest BCUT2D eigenvalue weighted by Gasteiger charge is 2.27. The lowest BCUT2D eigenvalue weighted by molar-refractivity contribution is 0.0734. The van der Waals surface area contributed by atoms with Gasteiger partial charge in [0.05, 0.1) is 29.8 Å². The number of ether oxygens (including phenoxy) is 2. The lowest BCUT2D eigenvalue weighted by Crippen LogP contribution is -2.31. The zero-order chi connectivity index (χ0) is 25.5. The number of para-hydroxylation sites is 2. The summed E-state index contributed by atoms with van der Waals surface area (Å²) in [5.74, 6) is 0.0970. The van der Waals surface area contributed by atoms with E-state index in [1.165, 1.54) is 41.8 Å². The maximum atomic E-state index is 13.6. The van der Waals surface area contributed by atoms with Crippen LogP contribution < -0.4 is 13.8 Å². The van der Waals surface area contributed by atoms with Gasteiger partial charge in [-0.15, -0.1) is 6.58 Å². The van der Waals surface area contributed by atoms with E-state index in [9.17, 15) is 13.2 Å². The minimum Gasteiger partial charge on any atom is -0.495 e. The summed E-state index contributed by atoms with van der Waals surface area (Å²) in [6, 6.07) is 29.5. The predicted octanol–water partition coefficient (Wildman–Crippen LogP) is 5.96. The summed E-state index contributed by atoms with van der Waals surface area (Å²) < 4.78 is 39.2. The van der Waals surface area contributed by atoms with Gasteiger partial charge < -0.3 is 9.47 Å². The maximum absolute atomic E-state index is 13.6. The van der Waals surface area contributed by atoms with Crippen molar-refractivity contribution in [1.82, 2.24) is 0 Å². The Morgan fingerprint density at radius 2 is 1.53 bits per heavy atom. The van der Waals surface area contributed by atoms with Crippen molar-refractivity contribution in [3.8, 4) is 22.6 Å². The zero-order valence-corrected chi connectivity index (χ0v) is 20.5. The molecule has 0 bridgehead atoms. The van der Waals surface area contributed by atoms with E-state index in [-0.39, 0.29) is 17.0 Å². The smallest absolute Gasteiger partial charge is 0.343 e. The lowest BCUT2D eigenvalue weighted by Gasteiger charge is -2.25. The van der Waals surface area contributed by atoms with Crippen molar-refractivity contribution in [2.45, 2.75) is 4.90 Å². The fourth-order valence-corrected chi connectivity index (χ4v) is 5.19. The number of hydrogen-bond acceptors (Lipinski definition) is 5. The average molecular weight is 500 g/mol. The van der Waals surface area contributed by atoms with Crippen molar-refractivity contribution in [2.75, 3.05) is 18.0 Å². The summed E-state index contributed by atoms with van der Waals surface area (Å²) in [4.78, 5) is 12.8. The van der Waals surface area contributed by atoms with E-state index in [4.69, 9.17) is 9.47 Å². The Kier molecular flexibility index (Phi) is 7.51. The minimum absolute atomic E-state index is 0.0190. The second-order valence-electron chi connectivity index (χ2n) is 7.80. The fourth-order valence-electron chi connectivity index (χ4n) is 3.70. The van der Waals surface area contributed by atoms with Gasteiger partial charge in [0.1, 0.15) is 11.5 Å². The summed E-state index contributed by atoms with van der Waals surface area (Å²) in [5, 5.41) is 0. The number of nitrogens with zero attached hydrogens (tertiary/aromatic N) is 1. The summed E-state index contributed by atoms with van der Waals surface area (Å²) in [5.41, 5.74) is 2.52. The van der Waals surface area contributed by atoms with Gasteiger partial charge >= 0.3 is 5.97 Å². The van der Waals surface area contributed by atoms with Gasteiger partial charge in [-0.3, -0.25) is 4.31 Å². The number of methoxy groups -OCH3 is 1. The molecule has 0 aromatic heterocycles. The van der Waals surface area contributed by atoms with E-state index in [0.29, 0.717) is 17.2 Å². The van der Waals surface area contributed by atoms with Crippen LogP contribution in [0.5, 0.6) is 11.5 Å². The molecule has 0 heterocycles. The zero-order valence-electron chi connectivity index (χ0n) is 19.7. The fraction of sp³-hybridized carbons (Fsp3) is 0.0690. The number of esters is 1. The Hall–Kier alpha value is -4.36. The molecule has 4 rings (SSSR count). The molecule has 0 aliphatic carbocycles. The molecule has 4 aromatic rings. The van der Waals surface area contributed by atoms with E-state index in [2.05, 4.69) is 6.58 Å². The van der Waals surface area contributed by atoms with Crippen molar-refractivity contribution in [3.63, 3.8) is 0 Å². The van der Waals surface area contributed by atoms with Gasteiger partial charge in [0.2, 0.25) is 0 Å². The van der Waals surface area contributed by atoms with Gasteiger partial charge in [0.25, 0.3) is 10.0 Å². The number of sulfonamides is 1. The topological polar surface area (TPSA) is 72.9 Å². The second-order valence-corrected chi connectivity index (χ2v) is 9.67. The van der Waals surface area contributed by atoms with Crippen molar-refractivity contribution in [2.24, 2.45) is 0 Å². The first-order valence-corrected chi connectivity index (χ1v) is 12.6. The standard InChI is InChI=1S/C29H25NO5S/c1-3-20-30(27-14-7-8-15-28(27)34-2)36(32,33)26-13-9-12-24(21-26)29(31)35-25-18-16-23(17-19-25)22-10-5-4-6-11-22/h3-19,21H,1,20H2,2H3. The van der Waals surface area contributed by atoms with Gasteiger partial charge in [0.15, 0.2) is 0 Å². The van der Waals surface area contributed by atoms with Crippen LogP contribution >= 0.6 is 0 Å². The van der Waals surface area contributed by atoms with Crippen molar-refractivity contribution < 1.29 is 22.7 Å². The van der Waals surface area contributed by atoms with Crippen LogP contribution in [0.1, 0.15) is 10.4 Å². The summed E-state index contributed by atoms with van der Waals surface area (Å²) in [6.07, 6.45) is 1.49. The molecule has 0 aliphatic heterocycles. The average Bonchev–Trinajstić information content (AvgIpc) is 2.92. The molecule has 0 N–H and O–H groups in total. The number of carbonyl (C=O) groups is 1. The predicted molar refractivity (Wildman–Crippen MR) is 141 cm³/mol. The van der Waals surface area contributed by atoms with E-state index in [0.717, 1.165) is 11.1 Å². The highest BCUT2D eigenvalue weighted by molar-refractivity contribution is 7.92. The molecular formula is C29H25NO5S. The van der Waals surface area contributed by atoms with E-state index in [1.54, 1.807) is 36.4 Å². The van der Waals surface area contributed by atoms with Crippen LogP contribution in [0.3, 0.4) is 0 Å². The molecule has 0 unspecified atom stereocenters. The molecule has 182 valence electrons. The third-order valence-electron chi connectivity index (χ3n) is 5.48. The maximum Gasteiger partial charge on any atom is 0.343 e. The van der Waals surface area contributed by atoms with E-state index in [1.807, 2.05) is 42.5 Å². The van der Waals surface area contributed by atoms with Crippen LogP contribution in [0, 0.1) is 0 Å². The molecular weight excluding hydrogens is 474 g/mol. The third-order valence-corrected chi connectivity index (χ3v) is 7.25. The third kappa shape index (κ3) is 5.31. The Balaban J connectivity index is 1.58. The number of hydrogen-bond donors (Lipinski definition) is 0. The van der Waals surface area contributed by atoms with Gasteiger partial charge in [-0.2, -0.15) is 0 Å². The summed E-state index contributed by atoms with van der Waals surface area (Å²) >= 11 is 0. The number of benzene rings is 4. The Morgan fingerprint density at radius 3 is 2.22 bits per heavy atom. The Morgan fingerprint density at radius 1 is 0.861 bits per heavy atom. The largest absolute Gasteiger partial charge is 0.495 e. The van der Waals surface area contributed by atoms with Crippen LogP contribution in [0.25, 0.3) is 11.1 Å². The van der Waals surface area contributed by atoms with Crippen molar-refractivity contribution >= 4 is 21.7 Å². The van der Waals surface area contributed by atoms with Crippen molar-refractivity contribution in [3.05, 3.63) is 121 Å². The minimum atomic E-state index is -4.04. The van der Waals surface area contributed by atoms with Gasteiger partial charge in [-0.05, 0) is 53.6 Å². The van der Waals surface area contributed by atoms with E-state index >= 15 is 0 Å². The molecule has 0 atom stereocenters. The quantitative estimate of drug-likeness (QED) is 0.161. The Labute approximate surface area is 211 Å². The van der Waals surface area contributed by atoms with Crippen LogP contribution in [0.4, 0.5) is 5.69 Å². The Bertz CT molecular complexity index is 1470. The normalized spacial score (nSPS) is 10.9. The number of rotatable bonds is 9. The number of anilines is 1. The molecule has 0 fully saturated rings. The van der Waals surface area contributed by atoms with Crippen LogP contribution in [-0.2, 0) is 10.0 Å². The van der Waals surface area contributed by atoms with Gasteiger partial charge in [0, 0.05) is 0 Å². The lowest BCUT2D eigenvalue weighted by atomic mass is 10.1. The first kappa shape index (κ1) is 24.8. The van der Waals surface area contributed by atoms with Crippen LogP contribution in [0.2, 0.25) is 0 Å². The van der Waals surface area contributed by atoms with Gasteiger partial charge in [-0.1, -0.05) is 66.7 Å². The van der Waals surface area contributed by atoms with Crippen LogP contribution in [0.15, 0.2) is 121 Å². The molecule has 0 aliphatic rings. The van der Waals surface area contributed by atoms with E-state index < -0.39 is 16.0 Å². The monoisotopic (exact) mass is 499 g/mol. The highest BCUT2D eigenvalue weighted by Crippen LogP contribution is 2.32. The summed E-state index contributed by atoms with van der Waals surface area (Å²) in [7, 11) is -2.57. The number of carbonyl (C=O) groups excluding carboxylic acids is 1. The molecule has 7 heteroatoms. The van der Waals surface area contributed by atoms with Crippen LogP contribution in [-0.4, -0.2) is 28.0 Å². The molecule has 0 saturated heterocycles. The SMILES string of the molecule is C=CCN(c1ccccc1OC)S(=O)(=O)c1cccc(C(=O)Oc2ccc(-c3ccccc3)cc2)c1. The molecule has 6 nitrogen and oxygen atoms in total. The molecule has 0 spiro atoms. The molecule has 0 radical (unpaired) electrons. The second kappa shape index (κ2) is 10.9. The molecule has 4 aromatic carbocycles.